The number of nitrogens with zero attached hydrogens (tertiary/aromatic N) is 1. The fourth-order valence-corrected chi connectivity index (χ4v) is 2.44. The van der Waals surface area contributed by atoms with Crippen molar-refractivity contribution in [3.8, 4) is 0 Å². The zero-order valence-electron chi connectivity index (χ0n) is 10.3. The zero-order chi connectivity index (χ0) is 13.8. The van der Waals surface area contributed by atoms with Crippen molar-refractivity contribution in [2.75, 3.05) is 6.54 Å². The normalized spacial score (nSPS) is 10.5. The van der Waals surface area contributed by atoms with E-state index in [0.29, 0.717) is 18.5 Å². The molecule has 0 saturated carbocycles. The number of hydrogen-bond acceptors (Lipinski definition) is 4. The number of carbonyl (C=O) groups excluding carboxylic acids is 1. The first-order valence-electron chi connectivity index (χ1n) is 5.74. The monoisotopic (exact) mass is 296 g/mol. The average molecular weight is 296 g/mol. The molecule has 1 N–H and O–H groups in total. The van der Waals surface area contributed by atoms with Crippen LogP contribution in [-0.4, -0.2) is 17.4 Å². The third-order valence-corrected chi connectivity index (χ3v) is 3.71. The lowest BCUT2D eigenvalue weighted by atomic mass is 10.2. The summed E-state index contributed by atoms with van der Waals surface area (Å²) >= 11 is 5.54. The molecular formula is C13H13FN2OS2. The number of thiol groups is 1. The van der Waals surface area contributed by atoms with Crippen LogP contribution in [0.15, 0.2) is 28.5 Å². The minimum atomic E-state index is -0.433. The van der Waals surface area contributed by atoms with Crippen LogP contribution in [0.25, 0.3) is 0 Å². The highest BCUT2D eigenvalue weighted by molar-refractivity contribution is 7.80. The standard InChI is InChI=1S/C13H13FN2OS2/c1-8-16-10(7-19-8)4-5-15-13(17)9-2-3-11(14)12(18)6-9/h2-3,6-7,18H,4-5H2,1H3,(H,15,17). The lowest BCUT2D eigenvalue weighted by molar-refractivity contribution is 0.0954. The smallest absolute Gasteiger partial charge is 0.251 e. The van der Waals surface area contributed by atoms with Gasteiger partial charge in [-0.1, -0.05) is 0 Å². The Balaban J connectivity index is 1.89. The second-order valence-electron chi connectivity index (χ2n) is 4.03. The van der Waals surface area contributed by atoms with E-state index >= 15 is 0 Å². The molecule has 0 aliphatic heterocycles. The zero-order valence-corrected chi connectivity index (χ0v) is 12.0. The van der Waals surface area contributed by atoms with E-state index in [0.717, 1.165) is 10.7 Å². The van der Waals surface area contributed by atoms with Gasteiger partial charge in [-0.25, -0.2) is 9.37 Å². The molecule has 0 aliphatic rings. The molecule has 0 fully saturated rings. The van der Waals surface area contributed by atoms with Gasteiger partial charge in [-0.15, -0.1) is 24.0 Å². The number of nitrogens with one attached hydrogen (secondary N) is 1. The molecule has 1 aromatic heterocycles. The molecule has 0 radical (unpaired) electrons. The number of aromatic nitrogens is 1. The van der Waals surface area contributed by atoms with Gasteiger partial charge in [0.1, 0.15) is 5.82 Å². The van der Waals surface area contributed by atoms with Crippen molar-refractivity contribution >= 4 is 29.9 Å². The Kier molecular flexibility index (Phi) is 4.55. The molecule has 0 saturated heterocycles. The molecule has 0 unspecified atom stereocenters. The van der Waals surface area contributed by atoms with Crippen molar-refractivity contribution in [1.29, 1.82) is 0 Å². The highest BCUT2D eigenvalue weighted by atomic mass is 32.1. The van der Waals surface area contributed by atoms with Crippen molar-refractivity contribution in [3.05, 3.63) is 45.7 Å². The van der Waals surface area contributed by atoms with E-state index < -0.39 is 5.82 Å². The number of thiazole rings is 1. The fraction of sp³-hybridized carbons (Fsp3) is 0.231. The van der Waals surface area contributed by atoms with Crippen LogP contribution in [-0.2, 0) is 6.42 Å². The number of halogens is 1. The summed E-state index contributed by atoms with van der Waals surface area (Å²) in [6.07, 6.45) is 0.686. The van der Waals surface area contributed by atoms with Crippen LogP contribution in [0, 0.1) is 12.7 Å². The number of benzene rings is 1. The predicted octanol–water partition coefficient (Wildman–Crippen LogP) is 2.85. The number of hydrogen-bond donors (Lipinski definition) is 2. The summed E-state index contributed by atoms with van der Waals surface area (Å²) in [7, 11) is 0. The van der Waals surface area contributed by atoms with Gasteiger partial charge in [0.25, 0.3) is 5.91 Å². The summed E-state index contributed by atoms with van der Waals surface area (Å²) < 4.78 is 13.0. The van der Waals surface area contributed by atoms with E-state index in [1.165, 1.54) is 18.2 Å². The molecule has 19 heavy (non-hydrogen) atoms. The lowest BCUT2D eigenvalue weighted by Gasteiger charge is -2.05. The Morgan fingerprint density at radius 1 is 1.53 bits per heavy atom. The largest absolute Gasteiger partial charge is 0.352 e. The molecule has 2 rings (SSSR count). The quantitative estimate of drug-likeness (QED) is 0.852. The summed E-state index contributed by atoms with van der Waals surface area (Å²) in [5.41, 5.74) is 1.37. The van der Waals surface area contributed by atoms with Gasteiger partial charge in [-0.05, 0) is 25.1 Å². The molecule has 2 aromatic rings. The van der Waals surface area contributed by atoms with Gasteiger partial charge in [0, 0.05) is 28.8 Å². The first-order valence-corrected chi connectivity index (χ1v) is 7.06. The Hall–Kier alpha value is -1.40. The molecule has 1 aromatic carbocycles. The summed E-state index contributed by atoms with van der Waals surface area (Å²) in [5.74, 6) is -0.667. The van der Waals surface area contributed by atoms with Crippen molar-refractivity contribution in [2.45, 2.75) is 18.2 Å². The third kappa shape index (κ3) is 3.78. The Morgan fingerprint density at radius 2 is 2.32 bits per heavy atom. The van der Waals surface area contributed by atoms with Crippen molar-refractivity contribution in [1.82, 2.24) is 10.3 Å². The average Bonchev–Trinajstić information content (AvgIpc) is 2.78. The Bertz CT molecular complexity index is 598. The maximum atomic E-state index is 13.0. The molecule has 100 valence electrons. The predicted molar refractivity (Wildman–Crippen MR) is 76.5 cm³/mol. The number of carbonyl (C=O) groups is 1. The Labute approximate surface area is 120 Å². The first kappa shape index (κ1) is 14.0. The number of aryl methyl sites for hydroxylation is 1. The highest BCUT2D eigenvalue weighted by Gasteiger charge is 2.08. The molecule has 6 heteroatoms. The summed E-state index contributed by atoms with van der Waals surface area (Å²) in [6.45, 7) is 2.45. The third-order valence-electron chi connectivity index (χ3n) is 2.54. The lowest BCUT2D eigenvalue weighted by Crippen LogP contribution is -2.25. The topological polar surface area (TPSA) is 42.0 Å². The maximum Gasteiger partial charge on any atom is 0.251 e. The van der Waals surface area contributed by atoms with E-state index in [2.05, 4.69) is 22.9 Å². The van der Waals surface area contributed by atoms with Crippen LogP contribution in [0.3, 0.4) is 0 Å². The van der Waals surface area contributed by atoms with Gasteiger partial charge in [0.2, 0.25) is 0 Å². The van der Waals surface area contributed by atoms with E-state index in [-0.39, 0.29) is 10.8 Å². The van der Waals surface area contributed by atoms with E-state index in [4.69, 9.17) is 0 Å². The van der Waals surface area contributed by atoms with Crippen molar-refractivity contribution in [2.24, 2.45) is 0 Å². The summed E-state index contributed by atoms with van der Waals surface area (Å²) in [5, 5.41) is 5.76. The van der Waals surface area contributed by atoms with Gasteiger partial charge in [-0.3, -0.25) is 4.79 Å². The summed E-state index contributed by atoms with van der Waals surface area (Å²) in [6, 6.07) is 4.10. The molecule has 1 amide bonds. The molecule has 0 aliphatic carbocycles. The number of amides is 1. The van der Waals surface area contributed by atoms with Crippen LogP contribution >= 0.6 is 24.0 Å². The second kappa shape index (κ2) is 6.16. The minimum Gasteiger partial charge on any atom is -0.352 e. The van der Waals surface area contributed by atoms with Gasteiger partial charge < -0.3 is 5.32 Å². The summed E-state index contributed by atoms with van der Waals surface area (Å²) in [4.78, 5) is 16.3. The van der Waals surface area contributed by atoms with Crippen LogP contribution in [0.1, 0.15) is 21.1 Å². The number of rotatable bonds is 4. The van der Waals surface area contributed by atoms with Gasteiger partial charge in [0.05, 0.1) is 10.7 Å². The van der Waals surface area contributed by atoms with Gasteiger partial charge in [-0.2, -0.15) is 0 Å². The molecular weight excluding hydrogens is 283 g/mol. The minimum absolute atomic E-state index is 0.169. The molecule has 1 heterocycles. The van der Waals surface area contributed by atoms with E-state index in [9.17, 15) is 9.18 Å². The molecule has 0 bridgehead atoms. The fourth-order valence-electron chi connectivity index (χ4n) is 1.58. The van der Waals surface area contributed by atoms with Gasteiger partial charge in [0.15, 0.2) is 0 Å². The maximum absolute atomic E-state index is 13.0. The highest BCUT2D eigenvalue weighted by Crippen LogP contribution is 2.14. The van der Waals surface area contributed by atoms with Crippen LogP contribution in [0.5, 0.6) is 0 Å². The molecule has 0 spiro atoms. The van der Waals surface area contributed by atoms with E-state index in [1.54, 1.807) is 11.3 Å². The second-order valence-corrected chi connectivity index (χ2v) is 5.57. The van der Waals surface area contributed by atoms with E-state index in [1.807, 2.05) is 12.3 Å². The van der Waals surface area contributed by atoms with Crippen LogP contribution in [0.4, 0.5) is 4.39 Å². The Morgan fingerprint density at radius 3 is 2.95 bits per heavy atom. The first-order chi connectivity index (χ1) is 9.06. The molecule has 3 nitrogen and oxygen atoms in total. The molecule has 0 atom stereocenters. The van der Waals surface area contributed by atoms with Crippen molar-refractivity contribution in [3.63, 3.8) is 0 Å². The SMILES string of the molecule is Cc1nc(CCNC(=O)c2ccc(F)c(S)c2)cs1. The van der Waals surface area contributed by atoms with Crippen molar-refractivity contribution < 1.29 is 9.18 Å². The van der Waals surface area contributed by atoms with Crippen LogP contribution in [0.2, 0.25) is 0 Å². The van der Waals surface area contributed by atoms with Gasteiger partial charge >= 0.3 is 0 Å². The van der Waals surface area contributed by atoms with Crippen LogP contribution < -0.4 is 5.32 Å².